The minimum atomic E-state index is -0.126. The monoisotopic (exact) mass is 444 g/mol. The molecule has 0 unspecified atom stereocenters. The molecule has 0 aliphatic rings. The Morgan fingerprint density at radius 2 is 1.93 bits per heavy atom. The summed E-state index contributed by atoms with van der Waals surface area (Å²) < 4.78 is 7.90. The van der Waals surface area contributed by atoms with Gasteiger partial charge in [-0.2, -0.15) is 0 Å². The molecular formula is C22H25ClN4O2S. The van der Waals surface area contributed by atoms with E-state index in [9.17, 15) is 4.79 Å². The first-order valence-corrected chi connectivity index (χ1v) is 11.0. The molecule has 0 spiro atoms. The quantitative estimate of drug-likeness (QED) is 0.484. The lowest BCUT2D eigenvalue weighted by Crippen LogP contribution is -2.15. The number of hydrogen-bond donors (Lipinski definition) is 1. The maximum absolute atomic E-state index is 12.3. The van der Waals surface area contributed by atoms with Crippen LogP contribution < -0.4 is 10.1 Å². The zero-order valence-corrected chi connectivity index (χ0v) is 19.1. The zero-order chi connectivity index (χ0) is 21.7. The number of nitrogens with one attached hydrogen (secondary N) is 1. The fourth-order valence-electron chi connectivity index (χ4n) is 2.95. The SMILES string of the molecule is CCn1c(COc2ccc(C)cc2C)nnc1SCC(=O)Nc1ccc(C)c(Cl)c1. The van der Waals surface area contributed by atoms with Crippen LogP contribution in [0.1, 0.15) is 29.4 Å². The Morgan fingerprint density at radius 1 is 1.13 bits per heavy atom. The van der Waals surface area contributed by atoms with E-state index in [1.165, 1.54) is 17.3 Å². The number of aryl methyl sites for hydroxylation is 3. The molecule has 1 heterocycles. The molecule has 0 radical (unpaired) electrons. The predicted molar refractivity (Wildman–Crippen MR) is 121 cm³/mol. The van der Waals surface area contributed by atoms with Crippen LogP contribution in [0, 0.1) is 20.8 Å². The van der Waals surface area contributed by atoms with E-state index >= 15 is 0 Å². The summed E-state index contributed by atoms with van der Waals surface area (Å²) in [6, 6.07) is 11.5. The van der Waals surface area contributed by atoms with Crippen molar-refractivity contribution in [2.45, 2.75) is 46.0 Å². The van der Waals surface area contributed by atoms with E-state index in [0.29, 0.717) is 29.0 Å². The van der Waals surface area contributed by atoms with Crippen molar-refractivity contribution in [1.29, 1.82) is 0 Å². The minimum Gasteiger partial charge on any atom is -0.485 e. The highest BCUT2D eigenvalue weighted by molar-refractivity contribution is 7.99. The third-order valence-corrected chi connectivity index (χ3v) is 5.96. The van der Waals surface area contributed by atoms with Gasteiger partial charge < -0.3 is 14.6 Å². The zero-order valence-electron chi connectivity index (χ0n) is 17.5. The van der Waals surface area contributed by atoms with Gasteiger partial charge in [0.15, 0.2) is 11.0 Å². The van der Waals surface area contributed by atoms with Crippen molar-refractivity contribution in [3.05, 3.63) is 63.9 Å². The number of nitrogens with zero attached hydrogens (tertiary/aromatic N) is 3. The summed E-state index contributed by atoms with van der Waals surface area (Å²) in [7, 11) is 0. The molecule has 0 aliphatic carbocycles. The van der Waals surface area contributed by atoms with Gasteiger partial charge >= 0.3 is 0 Å². The highest BCUT2D eigenvalue weighted by Gasteiger charge is 2.14. The third-order valence-electron chi connectivity index (χ3n) is 4.58. The molecule has 0 atom stereocenters. The molecule has 1 N–H and O–H groups in total. The van der Waals surface area contributed by atoms with Crippen molar-refractivity contribution in [3.8, 4) is 5.75 Å². The molecule has 8 heteroatoms. The molecule has 158 valence electrons. The fourth-order valence-corrected chi connectivity index (χ4v) is 3.95. The lowest BCUT2D eigenvalue weighted by Gasteiger charge is -2.11. The second-order valence-corrected chi connectivity index (χ2v) is 8.35. The third kappa shape index (κ3) is 5.55. The van der Waals surface area contributed by atoms with Gasteiger partial charge in [0.1, 0.15) is 12.4 Å². The largest absolute Gasteiger partial charge is 0.485 e. The smallest absolute Gasteiger partial charge is 0.234 e. The van der Waals surface area contributed by atoms with E-state index in [4.69, 9.17) is 16.3 Å². The number of rotatable bonds is 8. The van der Waals surface area contributed by atoms with Gasteiger partial charge in [-0.05, 0) is 57.0 Å². The molecule has 1 amide bonds. The average Bonchev–Trinajstić information content (AvgIpc) is 3.10. The molecule has 0 aliphatic heterocycles. The van der Waals surface area contributed by atoms with Crippen LogP contribution in [0.3, 0.4) is 0 Å². The van der Waals surface area contributed by atoms with E-state index in [0.717, 1.165) is 22.7 Å². The summed E-state index contributed by atoms with van der Waals surface area (Å²) in [4.78, 5) is 12.3. The fraction of sp³-hybridized carbons (Fsp3) is 0.318. The van der Waals surface area contributed by atoms with Gasteiger partial charge in [-0.1, -0.05) is 47.1 Å². The maximum Gasteiger partial charge on any atom is 0.234 e. The van der Waals surface area contributed by atoms with E-state index < -0.39 is 0 Å². The summed E-state index contributed by atoms with van der Waals surface area (Å²) in [6.07, 6.45) is 0. The average molecular weight is 445 g/mol. The summed E-state index contributed by atoms with van der Waals surface area (Å²) >= 11 is 7.46. The lowest BCUT2D eigenvalue weighted by atomic mass is 10.1. The highest BCUT2D eigenvalue weighted by Crippen LogP contribution is 2.23. The van der Waals surface area contributed by atoms with Crippen molar-refractivity contribution in [1.82, 2.24) is 14.8 Å². The summed E-state index contributed by atoms with van der Waals surface area (Å²) in [5, 5.41) is 12.7. The van der Waals surface area contributed by atoms with E-state index in [1.54, 1.807) is 6.07 Å². The summed E-state index contributed by atoms with van der Waals surface area (Å²) in [5.74, 6) is 1.66. The van der Waals surface area contributed by atoms with E-state index in [-0.39, 0.29) is 11.7 Å². The Labute approximate surface area is 186 Å². The number of hydrogen-bond acceptors (Lipinski definition) is 5. The lowest BCUT2D eigenvalue weighted by molar-refractivity contribution is -0.113. The predicted octanol–water partition coefficient (Wildman–Crippen LogP) is 5.19. The van der Waals surface area contributed by atoms with Gasteiger partial charge in [0.2, 0.25) is 5.91 Å². The topological polar surface area (TPSA) is 69.0 Å². The van der Waals surface area contributed by atoms with Crippen LogP contribution in [0.2, 0.25) is 5.02 Å². The van der Waals surface area contributed by atoms with Crippen molar-refractivity contribution in [2.75, 3.05) is 11.1 Å². The number of ether oxygens (including phenoxy) is 1. The summed E-state index contributed by atoms with van der Waals surface area (Å²) in [5.41, 5.74) is 3.92. The number of thioether (sulfide) groups is 1. The van der Waals surface area contributed by atoms with Gasteiger partial charge in [-0.25, -0.2) is 0 Å². The molecule has 3 rings (SSSR count). The molecule has 2 aromatic carbocycles. The number of amides is 1. The van der Waals surface area contributed by atoms with Gasteiger partial charge in [0.05, 0.1) is 5.75 Å². The molecule has 1 aromatic heterocycles. The number of benzene rings is 2. The van der Waals surface area contributed by atoms with Gasteiger partial charge in [0.25, 0.3) is 0 Å². The Bertz CT molecular complexity index is 1050. The molecule has 0 bridgehead atoms. The first-order chi connectivity index (χ1) is 14.4. The van der Waals surface area contributed by atoms with Gasteiger partial charge in [-0.15, -0.1) is 10.2 Å². The molecular weight excluding hydrogens is 420 g/mol. The Hall–Kier alpha value is -2.51. The van der Waals surface area contributed by atoms with Crippen LogP contribution in [0.15, 0.2) is 41.6 Å². The normalized spacial score (nSPS) is 10.8. The van der Waals surface area contributed by atoms with E-state index in [2.05, 4.69) is 28.5 Å². The first kappa shape index (κ1) is 22.2. The van der Waals surface area contributed by atoms with Crippen LogP contribution in [-0.2, 0) is 17.9 Å². The number of halogens is 1. The van der Waals surface area contributed by atoms with Crippen molar-refractivity contribution in [2.24, 2.45) is 0 Å². The first-order valence-electron chi connectivity index (χ1n) is 9.68. The van der Waals surface area contributed by atoms with Crippen molar-refractivity contribution >= 4 is 35.0 Å². The van der Waals surface area contributed by atoms with Crippen LogP contribution in [0.25, 0.3) is 0 Å². The van der Waals surface area contributed by atoms with Crippen molar-refractivity contribution in [3.63, 3.8) is 0 Å². The highest BCUT2D eigenvalue weighted by atomic mass is 35.5. The second kappa shape index (κ2) is 10.00. The van der Waals surface area contributed by atoms with Crippen LogP contribution in [-0.4, -0.2) is 26.4 Å². The minimum absolute atomic E-state index is 0.126. The molecule has 30 heavy (non-hydrogen) atoms. The molecule has 0 fully saturated rings. The number of anilines is 1. The molecule has 0 saturated carbocycles. The van der Waals surface area contributed by atoms with Crippen LogP contribution in [0.4, 0.5) is 5.69 Å². The van der Waals surface area contributed by atoms with Crippen molar-refractivity contribution < 1.29 is 9.53 Å². The number of carbonyl (C=O) groups excluding carboxylic acids is 1. The number of aromatic nitrogens is 3. The number of carbonyl (C=O) groups is 1. The van der Waals surface area contributed by atoms with E-state index in [1.807, 2.05) is 49.6 Å². The van der Waals surface area contributed by atoms with Gasteiger partial charge in [0, 0.05) is 17.3 Å². The Morgan fingerprint density at radius 3 is 2.63 bits per heavy atom. The van der Waals surface area contributed by atoms with Gasteiger partial charge in [-0.3, -0.25) is 4.79 Å². The molecule has 0 saturated heterocycles. The van der Waals surface area contributed by atoms with Crippen LogP contribution >= 0.6 is 23.4 Å². The Balaban J connectivity index is 1.59. The second-order valence-electron chi connectivity index (χ2n) is 7.00. The standard InChI is InChI=1S/C22H25ClN4O2S/c1-5-27-20(12-29-19-9-6-14(2)10-16(19)4)25-26-22(27)30-13-21(28)24-17-8-7-15(3)18(23)11-17/h6-11H,5,12-13H2,1-4H3,(H,24,28). The maximum atomic E-state index is 12.3. The molecule has 3 aromatic rings. The molecule has 6 nitrogen and oxygen atoms in total. The van der Waals surface area contributed by atoms with Crippen LogP contribution in [0.5, 0.6) is 5.75 Å². The Kier molecular flexibility index (Phi) is 7.39. The summed E-state index contributed by atoms with van der Waals surface area (Å²) in [6.45, 7) is 9.02.